The maximum atomic E-state index is 12.0. The van der Waals surface area contributed by atoms with Gasteiger partial charge in [0.25, 0.3) is 0 Å². The fourth-order valence-electron chi connectivity index (χ4n) is 3.17. The lowest BCUT2D eigenvalue weighted by Gasteiger charge is -2.17. The van der Waals surface area contributed by atoms with Crippen molar-refractivity contribution in [2.24, 2.45) is 0 Å². The molecule has 1 aliphatic rings. The standard InChI is InChI=1S/C20H18O8/c1-26-14-9-11(4-5-13(14)21)18-17(20(24)25)12-7-10(3-6-16(22)23)8-15(27-2)19(12)28-18/h3-9,17-18,21H,1-2H3,(H,22,23)(H,24,25)/t17-,18+/m1/s1. The number of methoxy groups -OCH3 is 2. The molecular weight excluding hydrogens is 368 g/mol. The third-order valence-corrected chi connectivity index (χ3v) is 4.43. The van der Waals surface area contributed by atoms with Crippen LogP contribution in [0.5, 0.6) is 23.0 Å². The number of hydrogen-bond acceptors (Lipinski definition) is 6. The van der Waals surface area contributed by atoms with Gasteiger partial charge in [-0.15, -0.1) is 0 Å². The average molecular weight is 386 g/mol. The molecule has 3 rings (SSSR count). The lowest BCUT2D eigenvalue weighted by atomic mass is 9.90. The van der Waals surface area contributed by atoms with Gasteiger partial charge >= 0.3 is 11.9 Å². The van der Waals surface area contributed by atoms with Gasteiger partial charge in [-0.05, 0) is 41.5 Å². The maximum absolute atomic E-state index is 12.0. The fraction of sp³-hybridized carbons (Fsp3) is 0.200. The molecule has 8 nitrogen and oxygen atoms in total. The van der Waals surface area contributed by atoms with E-state index in [1.807, 2.05) is 0 Å². The van der Waals surface area contributed by atoms with E-state index in [0.29, 0.717) is 22.4 Å². The monoisotopic (exact) mass is 386 g/mol. The topological polar surface area (TPSA) is 123 Å². The van der Waals surface area contributed by atoms with Crippen molar-refractivity contribution in [3.8, 4) is 23.0 Å². The number of carboxylic acid groups (broad SMARTS) is 2. The van der Waals surface area contributed by atoms with Crippen LogP contribution in [-0.4, -0.2) is 41.5 Å². The summed E-state index contributed by atoms with van der Waals surface area (Å²) in [4.78, 5) is 22.8. The third kappa shape index (κ3) is 3.44. The molecule has 0 unspecified atom stereocenters. The Kier molecular flexibility index (Phi) is 5.12. The van der Waals surface area contributed by atoms with E-state index < -0.39 is 24.0 Å². The predicted molar refractivity (Wildman–Crippen MR) is 98.1 cm³/mol. The van der Waals surface area contributed by atoms with Crippen molar-refractivity contribution < 1.29 is 39.1 Å². The number of rotatable bonds is 6. The van der Waals surface area contributed by atoms with E-state index in [4.69, 9.17) is 19.3 Å². The highest BCUT2D eigenvalue weighted by Crippen LogP contribution is 2.51. The molecular formula is C20H18O8. The number of aliphatic carboxylic acids is 2. The average Bonchev–Trinajstić information content (AvgIpc) is 3.05. The van der Waals surface area contributed by atoms with Gasteiger partial charge in [0.15, 0.2) is 23.0 Å². The zero-order valence-electron chi connectivity index (χ0n) is 15.1. The summed E-state index contributed by atoms with van der Waals surface area (Å²) >= 11 is 0. The molecule has 8 heteroatoms. The molecule has 0 aromatic heterocycles. The van der Waals surface area contributed by atoms with Crippen LogP contribution >= 0.6 is 0 Å². The minimum absolute atomic E-state index is 0.0766. The van der Waals surface area contributed by atoms with Crippen molar-refractivity contribution in [3.63, 3.8) is 0 Å². The minimum Gasteiger partial charge on any atom is -0.504 e. The molecule has 0 aliphatic carbocycles. The number of fused-ring (bicyclic) bond motifs is 1. The van der Waals surface area contributed by atoms with Crippen LogP contribution in [-0.2, 0) is 9.59 Å². The van der Waals surface area contributed by atoms with Crippen LogP contribution in [0.1, 0.15) is 28.7 Å². The number of phenolic OH excluding ortho intramolecular Hbond substituents is 1. The molecule has 0 amide bonds. The van der Waals surface area contributed by atoms with Crippen LogP contribution in [0.2, 0.25) is 0 Å². The predicted octanol–water partition coefficient (Wildman–Crippen LogP) is 2.81. The number of carboxylic acids is 2. The Morgan fingerprint density at radius 3 is 2.39 bits per heavy atom. The quantitative estimate of drug-likeness (QED) is 0.648. The Hall–Kier alpha value is -3.68. The highest BCUT2D eigenvalue weighted by atomic mass is 16.5. The summed E-state index contributed by atoms with van der Waals surface area (Å²) in [5, 5.41) is 28.5. The lowest BCUT2D eigenvalue weighted by Crippen LogP contribution is -2.18. The van der Waals surface area contributed by atoms with Crippen molar-refractivity contribution in [2.45, 2.75) is 12.0 Å². The van der Waals surface area contributed by atoms with E-state index in [2.05, 4.69) is 0 Å². The summed E-state index contributed by atoms with van der Waals surface area (Å²) in [5.74, 6) is -2.61. The number of aromatic hydroxyl groups is 1. The molecule has 0 spiro atoms. The Morgan fingerprint density at radius 1 is 1.07 bits per heavy atom. The first-order chi connectivity index (χ1) is 13.3. The van der Waals surface area contributed by atoms with E-state index in [1.54, 1.807) is 18.2 Å². The molecule has 0 radical (unpaired) electrons. The van der Waals surface area contributed by atoms with Gasteiger partial charge in [0.05, 0.1) is 14.2 Å². The SMILES string of the molecule is COc1cc([C@@H]2Oc3c(OC)cc(C=CC(=O)O)cc3[C@H]2C(=O)O)ccc1O. The Labute approximate surface area is 160 Å². The molecule has 2 aromatic carbocycles. The number of benzene rings is 2. The summed E-state index contributed by atoms with van der Waals surface area (Å²) < 4.78 is 16.3. The smallest absolute Gasteiger partial charge is 0.328 e. The molecule has 0 saturated heterocycles. The normalized spacial score (nSPS) is 17.8. The first-order valence-corrected chi connectivity index (χ1v) is 8.25. The van der Waals surface area contributed by atoms with Crippen LogP contribution < -0.4 is 14.2 Å². The number of ether oxygens (including phenoxy) is 3. The van der Waals surface area contributed by atoms with Crippen molar-refractivity contribution >= 4 is 18.0 Å². The van der Waals surface area contributed by atoms with Gasteiger partial charge in [0.1, 0.15) is 12.0 Å². The zero-order valence-corrected chi connectivity index (χ0v) is 15.1. The van der Waals surface area contributed by atoms with Crippen molar-refractivity contribution in [3.05, 3.63) is 53.1 Å². The third-order valence-electron chi connectivity index (χ3n) is 4.43. The van der Waals surface area contributed by atoms with Crippen LogP contribution in [0, 0.1) is 0 Å². The molecule has 146 valence electrons. The van der Waals surface area contributed by atoms with E-state index in [0.717, 1.165) is 6.08 Å². The summed E-state index contributed by atoms with van der Waals surface area (Å²) in [5.41, 5.74) is 1.34. The summed E-state index contributed by atoms with van der Waals surface area (Å²) in [7, 11) is 2.80. The van der Waals surface area contributed by atoms with Gasteiger partial charge in [0.2, 0.25) is 0 Å². The molecule has 0 saturated carbocycles. The molecule has 0 bridgehead atoms. The summed E-state index contributed by atoms with van der Waals surface area (Å²) in [6.07, 6.45) is 1.42. The van der Waals surface area contributed by atoms with Crippen molar-refractivity contribution in [1.29, 1.82) is 0 Å². The van der Waals surface area contributed by atoms with Gasteiger partial charge in [0, 0.05) is 11.6 Å². The molecule has 0 fully saturated rings. The molecule has 1 aliphatic heterocycles. The largest absolute Gasteiger partial charge is 0.504 e. The highest BCUT2D eigenvalue weighted by Gasteiger charge is 2.42. The van der Waals surface area contributed by atoms with Crippen LogP contribution in [0.3, 0.4) is 0 Å². The second-order valence-electron chi connectivity index (χ2n) is 6.10. The summed E-state index contributed by atoms with van der Waals surface area (Å²) in [6.45, 7) is 0. The van der Waals surface area contributed by atoms with Crippen LogP contribution in [0.25, 0.3) is 6.08 Å². The Morgan fingerprint density at radius 2 is 1.79 bits per heavy atom. The van der Waals surface area contributed by atoms with Gasteiger partial charge in [-0.3, -0.25) is 4.79 Å². The number of hydrogen-bond donors (Lipinski definition) is 3. The molecule has 28 heavy (non-hydrogen) atoms. The first-order valence-electron chi connectivity index (χ1n) is 8.25. The van der Waals surface area contributed by atoms with Gasteiger partial charge in [-0.1, -0.05) is 6.07 Å². The zero-order chi connectivity index (χ0) is 20.4. The minimum atomic E-state index is -1.13. The molecule has 2 atom stereocenters. The van der Waals surface area contributed by atoms with Crippen molar-refractivity contribution in [1.82, 2.24) is 0 Å². The Bertz CT molecular complexity index is 963. The fourth-order valence-corrected chi connectivity index (χ4v) is 3.17. The van der Waals surface area contributed by atoms with Gasteiger partial charge in [-0.2, -0.15) is 0 Å². The van der Waals surface area contributed by atoms with E-state index >= 15 is 0 Å². The highest BCUT2D eigenvalue weighted by molar-refractivity contribution is 5.86. The first kappa shape index (κ1) is 19.1. The molecule has 1 heterocycles. The van der Waals surface area contributed by atoms with E-state index in [9.17, 15) is 19.8 Å². The van der Waals surface area contributed by atoms with Crippen LogP contribution in [0.4, 0.5) is 0 Å². The van der Waals surface area contributed by atoms with E-state index in [-0.39, 0.29) is 17.2 Å². The van der Waals surface area contributed by atoms with Gasteiger partial charge < -0.3 is 29.5 Å². The lowest BCUT2D eigenvalue weighted by molar-refractivity contribution is -0.140. The second kappa shape index (κ2) is 7.51. The second-order valence-corrected chi connectivity index (χ2v) is 6.10. The van der Waals surface area contributed by atoms with Gasteiger partial charge in [-0.25, -0.2) is 4.79 Å². The number of phenols is 1. The molecule has 3 N–H and O–H groups in total. The Balaban J connectivity index is 2.11. The van der Waals surface area contributed by atoms with Crippen LogP contribution in [0.15, 0.2) is 36.4 Å². The molecule has 2 aromatic rings. The van der Waals surface area contributed by atoms with E-state index in [1.165, 1.54) is 32.4 Å². The van der Waals surface area contributed by atoms with Crippen molar-refractivity contribution in [2.75, 3.05) is 14.2 Å². The summed E-state index contributed by atoms with van der Waals surface area (Å²) in [6, 6.07) is 7.60. The number of carbonyl (C=O) groups is 2. The maximum Gasteiger partial charge on any atom is 0.328 e.